The van der Waals surface area contributed by atoms with Gasteiger partial charge >= 0.3 is 0 Å². The van der Waals surface area contributed by atoms with E-state index in [0.717, 1.165) is 25.7 Å². The van der Waals surface area contributed by atoms with Gasteiger partial charge in [0, 0.05) is 13.0 Å². The highest BCUT2D eigenvalue weighted by Gasteiger charge is 2.34. The van der Waals surface area contributed by atoms with Gasteiger partial charge in [-0.2, -0.15) is 0 Å². The molecule has 1 heterocycles. The van der Waals surface area contributed by atoms with Crippen LogP contribution in [0.5, 0.6) is 0 Å². The number of rotatable bonds is 7. The van der Waals surface area contributed by atoms with Crippen LogP contribution < -0.4 is 5.73 Å². The molecule has 3 amide bonds. The summed E-state index contributed by atoms with van der Waals surface area (Å²) in [5.41, 5.74) is 6.04. The lowest BCUT2D eigenvalue weighted by Crippen LogP contribution is -2.30. The minimum atomic E-state index is -0.287. The number of benzene rings is 1. The Morgan fingerprint density at radius 1 is 0.950 bits per heavy atom. The first-order chi connectivity index (χ1) is 9.61. The number of primary amides is 1. The molecule has 0 saturated carbocycles. The maximum Gasteiger partial charge on any atom is 0.261 e. The third kappa shape index (κ3) is 3.04. The normalized spacial score (nSPS) is 13.7. The van der Waals surface area contributed by atoms with Crippen molar-refractivity contribution in [3.05, 3.63) is 35.4 Å². The number of nitrogens with two attached hydrogens (primary N) is 1. The first kappa shape index (κ1) is 14.2. The lowest BCUT2D eigenvalue weighted by atomic mass is 10.1. The van der Waals surface area contributed by atoms with Crippen LogP contribution in [0.2, 0.25) is 0 Å². The van der Waals surface area contributed by atoms with E-state index < -0.39 is 0 Å². The standard InChI is InChI=1S/C15H18N2O3/c16-13(18)9-3-1-2-6-10-17-14(19)11-7-4-5-8-12(11)15(17)20/h4-5,7-8H,1-3,6,9-10H2,(H2,16,18). The summed E-state index contributed by atoms with van der Waals surface area (Å²) in [5, 5.41) is 0. The van der Waals surface area contributed by atoms with Gasteiger partial charge in [-0.3, -0.25) is 19.3 Å². The van der Waals surface area contributed by atoms with Crippen molar-refractivity contribution in [3.8, 4) is 0 Å². The molecule has 0 fully saturated rings. The number of unbranched alkanes of at least 4 members (excludes halogenated alkanes) is 3. The Hall–Kier alpha value is -2.17. The zero-order chi connectivity index (χ0) is 14.5. The third-order valence-electron chi connectivity index (χ3n) is 3.43. The Balaban J connectivity index is 1.79. The van der Waals surface area contributed by atoms with E-state index in [0.29, 0.717) is 24.1 Å². The van der Waals surface area contributed by atoms with Crippen molar-refractivity contribution in [3.63, 3.8) is 0 Å². The van der Waals surface area contributed by atoms with Gasteiger partial charge in [0.1, 0.15) is 0 Å². The monoisotopic (exact) mass is 274 g/mol. The van der Waals surface area contributed by atoms with Gasteiger partial charge in [0.15, 0.2) is 0 Å². The Morgan fingerprint density at radius 2 is 1.50 bits per heavy atom. The van der Waals surface area contributed by atoms with E-state index >= 15 is 0 Å². The zero-order valence-corrected chi connectivity index (χ0v) is 11.3. The van der Waals surface area contributed by atoms with Crippen molar-refractivity contribution in [2.75, 3.05) is 6.54 Å². The molecule has 5 nitrogen and oxygen atoms in total. The lowest BCUT2D eigenvalue weighted by molar-refractivity contribution is -0.118. The summed E-state index contributed by atoms with van der Waals surface area (Å²) in [6.07, 6.45) is 3.67. The molecule has 106 valence electrons. The van der Waals surface area contributed by atoms with E-state index in [1.54, 1.807) is 24.3 Å². The average Bonchev–Trinajstić information content (AvgIpc) is 2.67. The molecule has 0 atom stereocenters. The summed E-state index contributed by atoms with van der Waals surface area (Å²) in [4.78, 5) is 36.0. The summed E-state index contributed by atoms with van der Waals surface area (Å²) in [6.45, 7) is 0.433. The predicted molar refractivity (Wildman–Crippen MR) is 74.1 cm³/mol. The number of hydrogen-bond acceptors (Lipinski definition) is 3. The van der Waals surface area contributed by atoms with Gasteiger partial charge in [-0.15, -0.1) is 0 Å². The quantitative estimate of drug-likeness (QED) is 0.607. The van der Waals surface area contributed by atoms with Crippen molar-refractivity contribution >= 4 is 17.7 Å². The van der Waals surface area contributed by atoms with Crippen LogP contribution in [0.4, 0.5) is 0 Å². The van der Waals surface area contributed by atoms with Crippen molar-refractivity contribution in [2.45, 2.75) is 32.1 Å². The maximum atomic E-state index is 12.1. The smallest absolute Gasteiger partial charge is 0.261 e. The fourth-order valence-electron chi connectivity index (χ4n) is 2.36. The lowest BCUT2D eigenvalue weighted by Gasteiger charge is -2.13. The molecule has 5 heteroatoms. The van der Waals surface area contributed by atoms with Gasteiger partial charge in [-0.1, -0.05) is 25.0 Å². The van der Waals surface area contributed by atoms with Crippen LogP contribution in [-0.4, -0.2) is 29.2 Å². The molecular formula is C15H18N2O3. The molecular weight excluding hydrogens is 256 g/mol. The van der Waals surface area contributed by atoms with Gasteiger partial charge in [-0.05, 0) is 25.0 Å². The SMILES string of the molecule is NC(=O)CCCCCCN1C(=O)c2ccccc2C1=O. The predicted octanol–water partition coefficient (Wildman–Crippen LogP) is 1.72. The number of hydrogen-bond donors (Lipinski definition) is 1. The highest BCUT2D eigenvalue weighted by atomic mass is 16.2. The van der Waals surface area contributed by atoms with Crippen LogP contribution in [0.15, 0.2) is 24.3 Å². The number of nitrogens with zero attached hydrogens (tertiary/aromatic N) is 1. The molecule has 1 aromatic rings. The van der Waals surface area contributed by atoms with Gasteiger partial charge in [-0.25, -0.2) is 0 Å². The number of carbonyl (C=O) groups is 3. The molecule has 0 saturated heterocycles. The van der Waals surface area contributed by atoms with E-state index in [1.165, 1.54) is 4.90 Å². The van der Waals surface area contributed by atoms with Crippen molar-refractivity contribution in [1.82, 2.24) is 4.90 Å². The Morgan fingerprint density at radius 3 is 2.05 bits per heavy atom. The minimum absolute atomic E-state index is 0.206. The number of imide groups is 1. The molecule has 1 aromatic carbocycles. The summed E-state index contributed by atoms with van der Waals surface area (Å²) >= 11 is 0. The molecule has 2 N–H and O–H groups in total. The van der Waals surface area contributed by atoms with Crippen LogP contribution in [0, 0.1) is 0 Å². The number of amides is 3. The molecule has 0 bridgehead atoms. The minimum Gasteiger partial charge on any atom is -0.370 e. The molecule has 0 unspecified atom stereocenters. The summed E-state index contributed by atoms with van der Waals surface area (Å²) in [7, 11) is 0. The second-order valence-corrected chi connectivity index (χ2v) is 4.94. The first-order valence-corrected chi connectivity index (χ1v) is 6.85. The molecule has 0 spiro atoms. The second-order valence-electron chi connectivity index (χ2n) is 4.94. The number of carbonyl (C=O) groups excluding carboxylic acids is 3. The topological polar surface area (TPSA) is 80.5 Å². The van der Waals surface area contributed by atoms with Gasteiger partial charge in [0.25, 0.3) is 11.8 Å². The van der Waals surface area contributed by atoms with Crippen molar-refractivity contribution in [1.29, 1.82) is 0 Å². The highest BCUT2D eigenvalue weighted by Crippen LogP contribution is 2.22. The molecule has 1 aliphatic rings. The van der Waals surface area contributed by atoms with Crippen LogP contribution in [0.25, 0.3) is 0 Å². The Bertz CT molecular complexity index is 505. The molecule has 0 aliphatic carbocycles. The molecule has 20 heavy (non-hydrogen) atoms. The van der Waals surface area contributed by atoms with E-state index in [4.69, 9.17) is 5.73 Å². The van der Waals surface area contributed by atoms with Crippen LogP contribution in [0.1, 0.15) is 52.8 Å². The Labute approximate surface area is 117 Å². The summed E-state index contributed by atoms with van der Waals surface area (Å²) in [6, 6.07) is 6.89. The van der Waals surface area contributed by atoms with Gasteiger partial charge in [0.05, 0.1) is 11.1 Å². The second kappa shape index (κ2) is 6.32. The van der Waals surface area contributed by atoms with Crippen LogP contribution in [0.3, 0.4) is 0 Å². The summed E-state index contributed by atoms with van der Waals surface area (Å²) in [5.74, 6) is -0.698. The molecule has 1 aliphatic heterocycles. The van der Waals surface area contributed by atoms with E-state index in [9.17, 15) is 14.4 Å². The zero-order valence-electron chi connectivity index (χ0n) is 11.3. The molecule has 0 aromatic heterocycles. The van der Waals surface area contributed by atoms with Gasteiger partial charge < -0.3 is 5.73 Å². The maximum absolute atomic E-state index is 12.1. The largest absolute Gasteiger partial charge is 0.370 e. The van der Waals surface area contributed by atoms with E-state index in [1.807, 2.05) is 0 Å². The number of fused-ring (bicyclic) bond motifs is 1. The van der Waals surface area contributed by atoms with E-state index in [2.05, 4.69) is 0 Å². The Kier molecular flexibility index (Phi) is 4.50. The fraction of sp³-hybridized carbons (Fsp3) is 0.400. The first-order valence-electron chi connectivity index (χ1n) is 6.85. The van der Waals surface area contributed by atoms with Crippen LogP contribution >= 0.6 is 0 Å². The fourth-order valence-corrected chi connectivity index (χ4v) is 2.36. The third-order valence-corrected chi connectivity index (χ3v) is 3.43. The van der Waals surface area contributed by atoms with E-state index in [-0.39, 0.29) is 17.7 Å². The van der Waals surface area contributed by atoms with Crippen molar-refractivity contribution < 1.29 is 14.4 Å². The van der Waals surface area contributed by atoms with Crippen molar-refractivity contribution in [2.24, 2.45) is 5.73 Å². The van der Waals surface area contributed by atoms with Gasteiger partial charge in [0.2, 0.25) is 5.91 Å². The average molecular weight is 274 g/mol. The van der Waals surface area contributed by atoms with Crippen LogP contribution in [-0.2, 0) is 4.79 Å². The molecule has 2 rings (SSSR count). The molecule has 0 radical (unpaired) electrons. The summed E-state index contributed by atoms with van der Waals surface area (Å²) < 4.78 is 0. The highest BCUT2D eigenvalue weighted by molar-refractivity contribution is 6.21.